The minimum Gasteiger partial charge on any atom is -0.493 e. The van der Waals surface area contributed by atoms with Gasteiger partial charge in [-0.05, 0) is 31.2 Å². The molecule has 0 aromatic carbocycles. The Morgan fingerprint density at radius 3 is 2.78 bits per heavy atom. The minimum absolute atomic E-state index is 0.0150. The molecule has 0 aliphatic rings. The lowest BCUT2D eigenvalue weighted by Gasteiger charge is -2.19. The summed E-state index contributed by atoms with van der Waals surface area (Å²) in [6.45, 7) is 2.07. The molecule has 0 spiro atoms. The number of aryl methyl sites for hydroxylation is 2. The molecule has 5 nitrogen and oxygen atoms in total. The third-order valence-corrected chi connectivity index (χ3v) is 3.12. The fourth-order valence-electron chi connectivity index (χ4n) is 2.13. The monoisotopic (exact) mass is 246 g/mol. The number of pyridine rings is 1. The SMILES string of the molecule is CNC(c1cnccc1C)c1c(OC)cnn1C. The average molecular weight is 246 g/mol. The number of ether oxygens (including phenoxy) is 1. The number of nitrogens with one attached hydrogen (secondary N) is 1. The van der Waals surface area contributed by atoms with Crippen molar-refractivity contribution in [3.8, 4) is 5.75 Å². The van der Waals surface area contributed by atoms with Gasteiger partial charge in [-0.2, -0.15) is 5.10 Å². The zero-order chi connectivity index (χ0) is 13.1. The lowest BCUT2D eigenvalue weighted by atomic mass is 10.0. The zero-order valence-electron chi connectivity index (χ0n) is 11.1. The standard InChI is InChI=1S/C13H18N4O/c1-9-5-6-15-7-10(9)12(14-2)13-11(18-4)8-16-17(13)3/h5-8,12,14H,1-4H3. The molecule has 96 valence electrons. The number of hydrogen-bond donors (Lipinski definition) is 1. The molecule has 0 saturated heterocycles. The lowest BCUT2D eigenvalue weighted by Crippen LogP contribution is -2.22. The molecule has 2 aromatic rings. The summed E-state index contributed by atoms with van der Waals surface area (Å²) < 4.78 is 7.19. The second kappa shape index (κ2) is 5.18. The maximum absolute atomic E-state index is 5.37. The van der Waals surface area contributed by atoms with E-state index in [1.165, 1.54) is 5.56 Å². The van der Waals surface area contributed by atoms with Crippen LogP contribution < -0.4 is 10.1 Å². The fraction of sp³-hybridized carbons (Fsp3) is 0.385. The second-order valence-electron chi connectivity index (χ2n) is 4.18. The van der Waals surface area contributed by atoms with Crippen LogP contribution in [0, 0.1) is 6.92 Å². The number of aromatic nitrogens is 3. The Morgan fingerprint density at radius 2 is 2.17 bits per heavy atom. The summed E-state index contributed by atoms with van der Waals surface area (Å²) in [6.07, 6.45) is 5.40. The van der Waals surface area contributed by atoms with Crippen molar-refractivity contribution in [3.05, 3.63) is 41.5 Å². The Hall–Kier alpha value is -1.88. The first-order chi connectivity index (χ1) is 8.69. The van der Waals surface area contributed by atoms with E-state index in [2.05, 4.69) is 22.3 Å². The van der Waals surface area contributed by atoms with Crippen LogP contribution >= 0.6 is 0 Å². The molecular formula is C13H18N4O. The molecule has 0 fully saturated rings. The van der Waals surface area contributed by atoms with Gasteiger partial charge in [-0.1, -0.05) is 0 Å². The van der Waals surface area contributed by atoms with Crippen molar-refractivity contribution in [2.45, 2.75) is 13.0 Å². The van der Waals surface area contributed by atoms with Crippen LogP contribution in [0.3, 0.4) is 0 Å². The van der Waals surface area contributed by atoms with Crippen molar-refractivity contribution in [1.29, 1.82) is 0 Å². The van der Waals surface area contributed by atoms with Gasteiger partial charge in [0.25, 0.3) is 0 Å². The van der Waals surface area contributed by atoms with Crippen molar-refractivity contribution in [1.82, 2.24) is 20.1 Å². The van der Waals surface area contributed by atoms with E-state index in [-0.39, 0.29) is 6.04 Å². The van der Waals surface area contributed by atoms with E-state index in [1.807, 2.05) is 31.0 Å². The van der Waals surface area contributed by atoms with Crippen molar-refractivity contribution in [2.24, 2.45) is 7.05 Å². The van der Waals surface area contributed by atoms with E-state index in [0.717, 1.165) is 17.0 Å². The lowest BCUT2D eigenvalue weighted by molar-refractivity contribution is 0.402. The molecule has 0 amide bonds. The van der Waals surface area contributed by atoms with Gasteiger partial charge in [-0.15, -0.1) is 0 Å². The Bertz CT molecular complexity index is 536. The quantitative estimate of drug-likeness (QED) is 0.887. The first-order valence-electron chi connectivity index (χ1n) is 5.82. The van der Waals surface area contributed by atoms with Crippen LogP contribution in [0.25, 0.3) is 0 Å². The van der Waals surface area contributed by atoms with Gasteiger partial charge in [0.1, 0.15) is 5.69 Å². The molecule has 2 aromatic heterocycles. The molecule has 0 saturated carbocycles. The highest BCUT2D eigenvalue weighted by molar-refractivity contribution is 5.38. The van der Waals surface area contributed by atoms with Crippen molar-refractivity contribution in [2.75, 3.05) is 14.2 Å². The molecule has 0 aliphatic carbocycles. The van der Waals surface area contributed by atoms with Crippen LogP contribution in [0.5, 0.6) is 5.75 Å². The van der Waals surface area contributed by atoms with Gasteiger partial charge in [-0.3, -0.25) is 9.67 Å². The van der Waals surface area contributed by atoms with Gasteiger partial charge in [0.15, 0.2) is 5.75 Å². The molecular weight excluding hydrogens is 228 g/mol. The highest BCUT2D eigenvalue weighted by Crippen LogP contribution is 2.30. The number of hydrogen-bond acceptors (Lipinski definition) is 4. The minimum atomic E-state index is 0.0150. The second-order valence-corrected chi connectivity index (χ2v) is 4.18. The van der Waals surface area contributed by atoms with E-state index in [9.17, 15) is 0 Å². The average Bonchev–Trinajstić information content (AvgIpc) is 2.74. The first kappa shape index (κ1) is 12.6. The van der Waals surface area contributed by atoms with Gasteiger partial charge in [0.2, 0.25) is 0 Å². The van der Waals surface area contributed by atoms with Gasteiger partial charge in [-0.25, -0.2) is 0 Å². The summed E-state index contributed by atoms with van der Waals surface area (Å²) in [5.74, 6) is 0.778. The molecule has 2 rings (SSSR count). The van der Waals surface area contributed by atoms with Crippen LogP contribution in [0.4, 0.5) is 0 Å². The Morgan fingerprint density at radius 1 is 1.39 bits per heavy atom. The van der Waals surface area contributed by atoms with Crippen LogP contribution in [-0.4, -0.2) is 28.9 Å². The highest BCUT2D eigenvalue weighted by Gasteiger charge is 2.22. The maximum Gasteiger partial charge on any atom is 0.161 e. The van der Waals surface area contributed by atoms with Gasteiger partial charge in [0.05, 0.1) is 19.3 Å². The summed E-state index contributed by atoms with van der Waals surface area (Å²) in [5, 5.41) is 7.54. The number of nitrogens with zero attached hydrogens (tertiary/aromatic N) is 3. The van der Waals surface area contributed by atoms with Crippen LogP contribution in [0.1, 0.15) is 22.9 Å². The van der Waals surface area contributed by atoms with Crippen molar-refractivity contribution in [3.63, 3.8) is 0 Å². The molecule has 1 unspecified atom stereocenters. The first-order valence-corrected chi connectivity index (χ1v) is 5.82. The van der Waals surface area contributed by atoms with Gasteiger partial charge >= 0.3 is 0 Å². The molecule has 0 radical (unpaired) electrons. The Kier molecular flexibility index (Phi) is 3.62. The fourth-order valence-corrected chi connectivity index (χ4v) is 2.13. The predicted molar refractivity (Wildman–Crippen MR) is 69.6 cm³/mol. The summed E-state index contributed by atoms with van der Waals surface area (Å²) in [6, 6.07) is 2.02. The van der Waals surface area contributed by atoms with E-state index in [1.54, 1.807) is 19.5 Å². The topological polar surface area (TPSA) is 52.0 Å². The van der Waals surface area contributed by atoms with E-state index >= 15 is 0 Å². The third kappa shape index (κ3) is 2.09. The van der Waals surface area contributed by atoms with E-state index < -0.39 is 0 Å². The normalized spacial score (nSPS) is 12.4. The molecule has 5 heteroatoms. The molecule has 0 aliphatic heterocycles. The molecule has 2 heterocycles. The molecule has 1 N–H and O–H groups in total. The number of methoxy groups -OCH3 is 1. The van der Waals surface area contributed by atoms with Crippen LogP contribution in [0.2, 0.25) is 0 Å². The number of rotatable bonds is 4. The van der Waals surface area contributed by atoms with Crippen LogP contribution in [-0.2, 0) is 7.05 Å². The largest absolute Gasteiger partial charge is 0.493 e. The zero-order valence-corrected chi connectivity index (χ0v) is 11.1. The summed E-state index contributed by atoms with van der Waals surface area (Å²) in [7, 11) is 5.49. The smallest absolute Gasteiger partial charge is 0.161 e. The summed E-state index contributed by atoms with van der Waals surface area (Å²) in [5.41, 5.74) is 3.31. The Labute approximate surface area is 107 Å². The third-order valence-electron chi connectivity index (χ3n) is 3.12. The molecule has 0 bridgehead atoms. The van der Waals surface area contributed by atoms with Gasteiger partial charge in [0, 0.05) is 19.4 Å². The van der Waals surface area contributed by atoms with Crippen molar-refractivity contribution >= 4 is 0 Å². The van der Waals surface area contributed by atoms with E-state index in [0.29, 0.717) is 0 Å². The predicted octanol–water partition coefficient (Wildman–Crippen LogP) is 1.44. The van der Waals surface area contributed by atoms with E-state index in [4.69, 9.17) is 4.74 Å². The summed E-state index contributed by atoms with van der Waals surface area (Å²) in [4.78, 5) is 4.20. The molecule has 1 atom stereocenters. The van der Waals surface area contributed by atoms with Gasteiger partial charge < -0.3 is 10.1 Å². The van der Waals surface area contributed by atoms with Crippen molar-refractivity contribution < 1.29 is 4.74 Å². The maximum atomic E-state index is 5.37. The molecule has 18 heavy (non-hydrogen) atoms. The highest BCUT2D eigenvalue weighted by atomic mass is 16.5. The van der Waals surface area contributed by atoms with Crippen LogP contribution in [0.15, 0.2) is 24.7 Å². The summed E-state index contributed by atoms with van der Waals surface area (Å²) >= 11 is 0. The Balaban J connectivity index is 2.52.